The number of nitriles is 1. The van der Waals surface area contributed by atoms with Gasteiger partial charge in [0.25, 0.3) is 9.05 Å². The fraction of sp³-hybridized carbons (Fsp3) is 0.0714. The molecule has 0 spiro atoms. The zero-order valence-corrected chi connectivity index (χ0v) is 14.2. The molecule has 0 atom stereocenters. The second kappa shape index (κ2) is 8.19. The minimum atomic E-state index is -3.94. The summed E-state index contributed by atoms with van der Waals surface area (Å²) in [7, 11) is -2.82. The van der Waals surface area contributed by atoms with Crippen molar-refractivity contribution in [3.8, 4) is 6.07 Å². The van der Waals surface area contributed by atoms with E-state index < -0.39 is 46.1 Å². The molecule has 0 amide bonds. The van der Waals surface area contributed by atoms with E-state index in [4.69, 9.17) is 15.9 Å². The van der Waals surface area contributed by atoms with E-state index in [1.54, 1.807) is 0 Å². The van der Waals surface area contributed by atoms with Crippen molar-refractivity contribution in [3.05, 3.63) is 60.2 Å². The van der Waals surface area contributed by atoms with E-state index in [0.717, 1.165) is 24.3 Å². The van der Waals surface area contributed by atoms with Crippen LogP contribution in [0.3, 0.4) is 0 Å². The number of rotatable bonds is 3. The van der Waals surface area contributed by atoms with E-state index in [1.807, 2.05) is 0 Å². The van der Waals surface area contributed by atoms with Gasteiger partial charge in [-0.05, 0) is 24.3 Å². The largest absolute Gasteiger partial charge is 0.264 e. The van der Waals surface area contributed by atoms with Gasteiger partial charge in [0.1, 0.15) is 27.2 Å². The Bertz CT molecular complexity index is 970. The molecule has 2 aromatic rings. The summed E-state index contributed by atoms with van der Waals surface area (Å²) in [5.41, 5.74) is 0. The molecule has 0 N–H and O–H groups in total. The van der Waals surface area contributed by atoms with Crippen LogP contribution in [0.25, 0.3) is 0 Å². The molecule has 5 nitrogen and oxygen atoms in total. The zero-order valence-electron chi connectivity index (χ0n) is 11.9. The van der Waals surface area contributed by atoms with Gasteiger partial charge in [-0.3, -0.25) is 0 Å². The molecule has 10 heteroatoms. The number of halogens is 3. The van der Waals surface area contributed by atoms with Gasteiger partial charge in [0.15, 0.2) is 9.84 Å². The molecule has 0 bridgehead atoms. The van der Waals surface area contributed by atoms with Crippen LogP contribution in [0.1, 0.15) is 0 Å². The highest BCUT2D eigenvalue weighted by Crippen LogP contribution is 2.17. The van der Waals surface area contributed by atoms with E-state index in [1.165, 1.54) is 30.3 Å². The SMILES string of the molecule is N#CCS(=O)(=O)c1ccccc1F.O=S(=O)(Cl)c1ccccc1F. The first-order valence-electron chi connectivity index (χ1n) is 6.13. The highest BCUT2D eigenvalue weighted by Gasteiger charge is 2.17. The van der Waals surface area contributed by atoms with Crippen molar-refractivity contribution in [2.24, 2.45) is 0 Å². The average Bonchev–Trinajstić information content (AvgIpc) is 2.47. The molecular weight excluding hydrogens is 384 g/mol. The van der Waals surface area contributed by atoms with Crippen LogP contribution < -0.4 is 0 Å². The van der Waals surface area contributed by atoms with Crippen molar-refractivity contribution in [2.75, 3.05) is 5.75 Å². The highest BCUT2D eigenvalue weighted by atomic mass is 35.7. The van der Waals surface area contributed by atoms with E-state index in [-0.39, 0.29) is 0 Å². The normalized spacial score (nSPS) is 11.1. The number of hydrogen-bond acceptors (Lipinski definition) is 5. The molecule has 24 heavy (non-hydrogen) atoms. The number of nitrogens with zero attached hydrogens (tertiary/aromatic N) is 1. The van der Waals surface area contributed by atoms with E-state index in [0.29, 0.717) is 0 Å². The molecule has 0 radical (unpaired) electrons. The smallest absolute Gasteiger partial charge is 0.223 e. The summed E-state index contributed by atoms with van der Waals surface area (Å²) < 4.78 is 69.1. The lowest BCUT2D eigenvalue weighted by atomic mass is 10.3. The van der Waals surface area contributed by atoms with E-state index >= 15 is 0 Å². The van der Waals surface area contributed by atoms with Gasteiger partial charge in [0, 0.05) is 10.7 Å². The molecule has 0 fully saturated rings. The summed E-state index contributed by atoms with van der Waals surface area (Å²) >= 11 is 0. The molecule has 128 valence electrons. The minimum Gasteiger partial charge on any atom is -0.223 e. The van der Waals surface area contributed by atoms with Crippen LogP contribution in [0.15, 0.2) is 58.3 Å². The Kier molecular flexibility index (Phi) is 6.83. The predicted octanol–water partition coefficient (Wildman–Crippen LogP) is 2.88. The van der Waals surface area contributed by atoms with Gasteiger partial charge in [-0.2, -0.15) is 5.26 Å². The highest BCUT2D eigenvalue weighted by molar-refractivity contribution is 8.13. The van der Waals surface area contributed by atoms with Crippen LogP contribution >= 0.6 is 10.7 Å². The zero-order chi connectivity index (χ0) is 18.4. The van der Waals surface area contributed by atoms with Gasteiger partial charge in [-0.25, -0.2) is 25.6 Å². The Balaban J connectivity index is 0.000000243. The fourth-order valence-electron chi connectivity index (χ4n) is 1.50. The Labute approximate surface area is 142 Å². The minimum absolute atomic E-state index is 0.420. The Morgan fingerprint density at radius 1 is 0.875 bits per heavy atom. The van der Waals surface area contributed by atoms with Gasteiger partial charge in [0.2, 0.25) is 0 Å². The third-order valence-electron chi connectivity index (χ3n) is 2.53. The van der Waals surface area contributed by atoms with Crippen molar-refractivity contribution in [3.63, 3.8) is 0 Å². The summed E-state index contributed by atoms with van der Waals surface area (Å²) in [6.07, 6.45) is 0. The van der Waals surface area contributed by atoms with Gasteiger partial charge in [-0.1, -0.05) is 24.3 Å². The Morgan fingerprint density at radius 2 is 1.29 bits per heavy atom. The number of hydrogen-bond donors (Lipinski definition) is 0. The van der Waals surface area contributed by atoms with Gasteiger partial charge in [-0.15, -0.1) is 0 Å². The van der Waals surface area contributed by atoms with Crippen LogP contribution in [-0.4, -0.2) is 22.6 Å². The molecule has 2 aromatic carbocycles. The standard InChI is InChI=1S/C8H6FNO2S.C6H4ClFO2S/c9-7-3-1-2-4-8(7)13(11,12)6-5-10;7-11(9,10)6-4-2-1-3-5(6)8/h1-4H,6H2;1-4H. The predicted molar refractivity (Wildman–Crippen MR) is 83.5 cm³/mol. The lowest BCUT2D eigenvalue weighted by Gasteiger charge is -1.99. The Morgan fingerprint density at radius 3 is 1.62 bits per heavy atom. The Hall–Kier alpha value is -2.02. The first-order chi connectivity index (χ1) is 11.1. The van der Waals surface area contributed by atoms with E-state index in [2.05, 4.69) is 0 Å². The summed E-state index contributed by atoms with van der Waals surface area (Å²) in [5, 5.41) is 8.20. The fourth-order valence-corrected chi connectivity index (χ4v) is 3.40. The van der Waals surface area contributed by atoms with Crippen LogP contribution in [0.5, 0.6) is 0 Å². The first-order valence-corrected chi connectivity index (χ1v) is 10.1. The molecular formula is C14H10ClF2NO4S2. The summed E-state index contributed by atoms with van der Waals surface area (Å²) in [6, 6.07) is 11.4. The van der Waals surface area contributed by atoms with Crippen LogP contribution in [0, 0.1) is 23.0 Å². The van der Waals surface area contributed by atoms with Crippen molar-refractivity contribution in [1.29, 1.82) is 5.26 Å². The molecule has 0 aliphatic heterocycles. The molecule has 2 rings (SSSR count). The lowest BCUT2D eigenvalue weighted by Crippen LogP contribution is -2.06. The molecule has 0 saturated carbocycles. The molecule has 0 aliphatic rings. The number of benzene rings is 2. The molecule has 0 heterocycles. The first kappa shape index (κ1) is 20.0. The molecule has 0 aliphatic carbocycles. The van der Waals surface area contributed by atoms with Crippen molar-refractivity contribution >= 4 is 29.6 Å². The average molecular weight is 394 g/mol. The van der Waals surface area contributed by atoms with Gasteiger partial charge in [0.05, 0.1) is 6.07 Å². The van der Waals surface area contributed by atoms with Crippen LogP contribution in [0.4, 0.5) is 8.78 Å². The third-order valence-corrected chi connectivity index (χ3v) is 5.39. The lowest BCUT2D eigenvalue weighted by molar-refractivity contribution is 0.568. The quantitative estimate of drug-likeness (QED) is 0.747. The molecule has 0 unspecified atom stereocenters. The molecule has 0 aromatic heterocycles. The van der Waals surface area contributed by atoms with Crippen molar-refractivity contribution < 1.29 is 25.6 Å². The summed E-state index contributed by atoms with van der Waals surface area (Å²) in [4.78, 5) is -0.904. The third kappa shape index (κ3) is 5.56. The molecule has 0 saturated heterocycles. The number of sulfone groups is 1. The van der Waals surface area contributed by atoms with Gasteiger partial charge >= 0.3 is 0 Å². The van der Waals surface area contributed by atoms with Crippen molar-refractivity contribution in [2.45, 2.75) is 9.79 Å². The monoisotopic (exact) mass is 393 g/mol. The van der Waals surface area contributed by atoms with Gasteiger partial charge < -0.3 is 0 Å². The maximum Gasteiger partial charge on any atom is 0.264 e. The van der Waals surface area contributed by atoms with Crippen LogP contribution in [0.2, 0.25) is 0 Å². The van der Waals surface area contributed by atoms with Crippen molar-refractivity contribution in [1.82, 2.24) is 0 Å². The maximum atomic E-state index is 12.9. The second-order valence-corrected chi connectivity index (χ2v) is 8.71. The van der Waals surface area contributed by atoms with Crippen LogP contribution in [-0.2, 0) is 18.9 Å². The second-order valence-electron chi connectivity index (χ2n) is 4.22. The maximum absolute atomic E-state index is 12.9. The van der Waals surface area contributed by atoms with E-state index in [9.17, 15) is 25.6 Å². The summed E-state index contributed by atoms with van der Waals surface area (Å²) in [5.74, 6) is -2.35. The summed E-state index contributed by atoms with van der Waals surface area (Å²) in [6.45, 7) is 0. The topological polar surface area (TPSA) is 92.1 Å².